The van der Waals surface area contributed by atoms with Gasteiger partial charge in [0.1, 0.15) is 0 Å². The van der Waals surface area contributed by atoms with Crippen molar-refractivity contribution >= 4 is 5.91 Å². The van der Waals surface area contributed by atoms with Crippen LogP contribution >= 0.6 is 0 Å². The lowest BCUT2D eigenvalue weighted by Gasteiger charge is -2.19. The van der Waals surface area contributed by atoms with Gasteiger partial charge in [0.05, 0.1) is 6.54 Å². The minimum Gasteiger partial charge on any atom is -0.337 e. The fourth-order valence-corrected chi connectivity index (χ4v) is 0.797. The Labute approximate surface area is 65.2 Å². The normalized spacial score (nSPS) is 10.3. The van der Waals surface area contributed by atoms with Crippen molar-refractivity contribution in [2.45, 2.75) is 26.7 Å². The quantitative estimate of drug-likeness (QED) is 0.618. The van der Waals surface area contributed by atoms with Crippen LogP contribution in [0.25, 0.3) is 0 Å². The molecule has 0 heterocycles. The number of carbonyl (C=O) groups is 1. The molecule has 0 bridgehead atoms. The van der Waals surface area contributed by atoms with Gasteiger partial charge in [-0.25, -0.2) is 8.78 Å². The second kappa shape index (κ2) is 5.04. The summed E-state index contributed by atoms with van der Waals surface area (Å²) in [5.74, 6) is -0.215. The molecule has 4 heteroatoms. The van der Waals surface area contributed by atoms with E-state index in [0.29, 0.717) is 13.0 Å². The average molecular weight is 165 g/mol. The van der Waals surface area contributed by atoms with Gasteiger partial charge in [-0.05, 0) is 6.92 Å². The molecule has 0 N–H and O–H groups in total. The minimum absolute atomic E-state index is 0.215. The zero-order valence-corrected chi connectivity index (χ0v) is 6.81. The Balaban J connectivity index is 3.84. The van der Waals surface area contributed by atoms with E-state index in [1.54, 1.807) is 13.8 Å². The first kappa shape index (κ1) is 10.3. The van der Waals surface area contributed by atoms with E-state index in [9.17, 15) is 13.6 Å². The number of carbonyl (C=O) groups excluding carboxylic acids is 1. The van der Waals surface area contributed by atoms with Gasteiger partial charge in [0.15, 0.2) is 0 Å². The van der Waals surface area contributed by atoms with Crippen molar-refractivity contribution in [3.05, 3.63) is 0 Å². The number of nitrogens with zero attached hydrogens (tertiary/aromatic N) is 1. The van der Waals surface area contributed by atoms with Gasteiger partial charge in [-0.15, -0.1) is 0 Å². The second-order valence-corrected chi connectivity index (χ2v) is 2.18. The maximum atomic E-state index is 11.8. The van der Waals surface area contributed by atoms with Crippen LogP contribution in [0.3, 0.4) is 0 Å². The van der Waals surface area contributed by atoms with E-state index in [0.717, 1.165) is 4.90 Å². The summed E-state index contributed by atoms with van der Waals surface area (Å²) in [4.78, 5) is 12.0. The van der Waals surface area contributed by atoms with Crippen molar-refractivity contribution in [3.8, 4) is 0 Å². The summed E-state index contributed by atoms with van der Waals surface area (Å²) < 4.78 is 23.5. The molecule has 0 aromatic rings. The third-order valence-corrected chi connectivity index (χ3v) is 1.40. The lowest BCUT2D eigenvalue weighted by Crippen LogP contribution is -2.34. The molecule has 11 heavy (non-hydrogen) atoms. The first-order valence-electron chi connectivity index (χ1n) is 3.67. The van der Waals surface area contributed by atoms with E-state index < -0.39 is 13.0 Å². The second-order valence-electron chi connectivity index (χ2n) is 2.18. The number of alkyl halides is 2. The molecular weight excluding hydrogens is 152 g/mol. The Morgan fingerprint density at radius 1 is 1.45 bits per heavy atom. The van der Waals surface area contributed by atoms with E-state index in [4.69, 9.17) is 0 Å². The molecule has 0 saturated heterocycles. The lowest BCUT2D eigenvalue weighted by atomic mass is 10.4. The van der Waals surface area contributed by atoms with Gasteiger partial charge in [0.2, 0.25) is 5.91 Å². The minimum atomic E-state index is -2.43. The average Bonchev–Trinajstić information content (AvgIpc) is 1.98. The molecule has 0 aliphatic rings. The molecule has 0 radical (unpaired) electrons. The zero-order valence-electron chi connectivity index (χ0n) is 6.81. The van der Waals surface area contributed by atoms with Crippen molar-refractivity contribution in [1.82, 2.24) is 4.90 Å². The van der Waals surface area contributed by atoms with E-state index in [1.165, 1.54) is 0 Å². The molecule has 0 aromatic heterocycles. The molecule has 0 fully saturated rings. The van der Waals surface area contributed by atoms with Crippen LogP contribution in [0.1, 0.15) is 20.3 Å². The summed E-state index contributed by atoms with van der Waals surface area (Å²) in [5.41, 5.74) is 0. The summed E-state index contributed by atoms with van der Waals surface area (Å²) in [5, 5.41) is 0. The van der Waals surface area contributed by atoms with Crippen molar-refractivity contribution in [1.29, 1.82) is 0 Å². The largest absolute Gasteiger partial charge is 0.337 e. The Kier molecular flexibility index (Phi) is 4.74. The van der Waals surface area contributed by atoms with Crippen molar-refractivity contribution in [2.75, 3.05) is 13.1 Å². The van der Waals surface area contributed by atoms with Crippen LogP contribution in [-0.4, -0.2) is 30.3 Å². The van der Waals surface area contributed by atoms with Gasteiger partial charge < -0.3 is 4.90 Å². The van der Waals surface area contributed by atoms with Gasteiger partial charge >= 0.3 is 0 Å². The van der Waals surface area contributed by atoms with Crippen LogP contribution in [0.15, 0.2) is 0 Å². The topological polar surface area (TPSA) is 20.3 Å². The number of hydrogen-bond acceptors (Lipinski definition) is 1. The summed E-state index contributed by atoms with van der Waals surface area (Å²) in [7, 11) is 0. The molecule has 0 aliphatic heterocycles. The number of rotatable bonds is 4. The molecule has 0 atom stereocenters. The Hall–Kier alpha value is -0.670. The number of amides is 1. The number of hydrogen-bond donors (Lipinski definition) is 0. The molecule has 0 aliphatic carbocycles. The molecule has 0 rings (SSSR count). The molecule has 2 nitrogen and oxygen atoms in total. The van der Waals surface area contributed by atoms with Crippen LogP contribution in [-0.2, 0) is 4.79 Å². The van der Waals surface area contributed by atoms with Crippen molar-refractivity contribution in [3.63, 3.8) is 0 Å². The van der Waals surface area contributed by atoms with Gasteiger partial charge in [-0.2, -0.15) is 0 Å². The van der Waals surface area contributed by atoms with Crippen LogP contribution < -0.4 is 0 Å². The SMILES string of the molecule is CCC(=O)N(CC)CC(F)F. The highest BCUT2D eigenvalue weighted by atomic mass is 19.3. The molecule has 0 saturated carbocycles. The highest BCUT2D eigenvalue weighted by Crippen LogP contribution is 1.99. The standard InChI is InChI=1S/C7H13F2NO/c1-3-7(11)10(4-2)5-6(8)9/h6H,3-5H2,1-2H3. The molecule has 66 valence electrons. The van der Waals surface area contributed by atoms with E-state index >= 15 is 0 Å². The molecule has 0 unspecified atom stereocenters. The van der Waals surface area contributed by atoms with Gasteiger partial charge in [-0.1, -0.05) is 6.92 Å². The molecule has 1 amide bonds. The predicted octanol–water partition coefficient (Wildman–Crippen LogP) is 1.51. The van der Waals surface area contributed by atoms with Crippen molar-refractivity contribution < 1.29 is 13.6 Å². The van der Waals surface area contributed by atoms with Crippen molar-refractivity contribution in [2.24, 2.45) is 0 Å². The molecule has 0 spiro atoms. The van der Waals surface area contributed by atoms with E-state index in [2.05, 4.69) is 0 Å². The van der Waals surface area contributed by atoms with Crippen LogP contribution in [0.2, 0.25) is 0 Å². The fourth-order valence-electron chi connectivity index (χ4n) is 0.797. The summed E-state index contributed by atoms with van der Waals surface area (Å²) >= 11 is 0. The Morgan fingerprint density at radius 3 is 2.27 bits per heavy atom. The predicted molar refractivity (Wildman–Crippen MR) is 38.5 cm³/mol. The summed E-state index contributed by atoms with van der Waals surface area (Å²) in [6.45, 7) is 3.27. The fraction of sp³-hybridized carbons (Fsp3) is 0.857. The first-order chi connectivity index (χ1) is 5.11. The van der Waals surface area contributed by atoms with Gasteiger partial charge in [-0.3, -0.25) is 4.79 Å². The monoisotopic (exact) mass is 165 g/mol. The zero-order chi connectivity index (χ0) is 8.85. The van der Waals surface area contributed by atoms with E-state index in [-0.39, 0.29) is 5.91 Å². The number of halogens is 2. The third kappa shape index (κ3) is 3.91. The third-order valence-electron chi connectivity index (χ3n) is 1.40. The highest BCUT2D eigenvalue weighted by Gasteiger charge is 2.13. The smallest absolute Gasteiger partial charge is 0.255 e. The lowest BCUT2D eigenvalue weighted by molar-refractivity contribution is -0.132. The Bertz CT molecular complexity index is 128. The molecular formula is C7H13F2NO. The Morgan fingerprint density at radius 2 is 2.00 bits per heavy atom. The van der Waals surface area contributed by atoms with E-state index in [1.807, 2.05) is 0 Å². The van der Waals surface area contributed by atoms with Crippen LogP contribution in [0.5, 0.6) is 0 Å². The van der Waals surface area contributed by atoms with Gasteiger partial charge in [0, 0.05) is 13.0 Å². The first-order valence-corrected chi connectivity index (χ1v) is 3.67. The highest BCUT2D eigenvalue weighted by molar-refractivity contribution is 5.75. The van der Waals surface area contributed by atoms with Gasteiger partial charge in [0.25, 0.3) is 6.43 Å². The maximum Gasteiger partial charge on any atom is 0.255 e. The summed E-state index contributed by atoms with van der Waals surface area (Å²) in [6, 6.07) is 0. The molecule has 0 aromatic carbocycles. The maximum absolute atomic E-state index is 11.8. The summed E-state index contributed by atoms with van der Waals surface area (Å²) in [6.07, 6.45) is -2.13. The van der Waals surface area contributed by atoms with Crippen LogP contribution in [0.4, 0.5) is 8.78 Å². The van der Waals surface area contributed by atoms with Crippen LogP contribution in [0, 0.1) is 0 Å².